The van der Waals surface area contributed by atoms with E-state index >= 15 is 0 Å². The molecule has 0 spiro atoms. The topological polar surface area (TPSA) is 17.8 Å². The highest BCUT2D eigenvalue weighted by atomic mass is 32.2. The van der Waals surface area contributed by atoms with Crippen molar-refractivity contribution in [3.05, 3.63) is 40.8 Å². The third-order valence-electron chi connectivity index (χ3n) is 3.75. The van der Waals surface area contributed by atoms with Crippen molar-refractivity contribution in [3.63, 3.8) is 0 Å². The molecule has 1 heterocycles. The molecule has 0 aliphatic carbocycles. The Morgan fingerprint density at radius 2 is 1.73 bits per heavy atom. The van der Waals surface area contributed by atoms with E-state index in [9.17, 15) is 0 Å². The third kappa shape index (κ3) is 3.75. The Morgan fingerprint density at radius 1 is 1.09 bits per heavy atom. The quantitative estimate of drug-likeness (QED) is 0.675. The molecule has 0 fully saturated rings. The zero-order valence-corrected chi connectivity index (χ0v) is 15.5. The van der Waals surface area contributed by atoms with E-state index in [0.717, 1.165) is 19.4 Å². The molecule has 1 aromatic carbocycles. The number of rotatable bonds is 6. The molecule has 0 aliphatic rings. The molecule has 0 radical (unpaired) electrons. The van der Waals surface area contributed by atoms with Crippen LogP contribution in [0.15, 0.2) is 28.1 Å². The van der Waals surface area contributed by atoms with Crippen LogP contribution in [0.4, 0.5) is 0 Å². The highest BCUT2D eigenvalue weighted by Crippen LogP contribution is 2.36. The predicted octanol–water partition coefficient (Wildman–Crippen LogP) is 5.75. The standard InChI is InChI=1S/C19H28N2S/c1-7-9-21-17(8-2)20-18(13(3)4)19(21)22-16-11-14(5)10-15(6)12-16/h10-13H,7-9H2,1-6H3. The molecule has 3 heteroatoms. The van der Waals surface area contributed by atoms with Gasteiger partial charge in [0.2, 0.25) is 0 Å². The Morgan fingerprint density at radius 3 is 2.23 bits per heavy atom. The maximum Gasteiger partial charge on any atom is 0.109 e. The summed E-state index contributed by atoms with van der Waals surface area (Å²) in [7, 11) is 0. The molecule has 1 aromatic heterocycles. The molecule has 0 amide bonds. The van der Waals surface area contributed by atoms with E-state index in [1.54, 1.807) is 0 Å². The van der Waals surface area contributed by atoms with Crippen LogP contribution in [-0.2, 0) is 13.0 Å². The first kappa shape index (κ1) is 17.1. The first-order valence-corrected chi connectivity index (χ1v) is 9.13. The summed E-state index contributed by atoms with van der Waals surface area (Å²) in [6.07, 6.45) is 2.13. The van der Waals surface area contributed by atoms with Gasteiger partial charge >= 0.3 is 0 Å². The minimum atomic E-state index is 0.455. The Balaban J connectivity index is 2.49. The smallest absolute Gasteiger partial charge is 0.109 e. The third-order valence-corrected chi connectivity index (χ3v) is 4.84. The highest BCUT2D eigenvalue weighted by Gasteiger charge is 2.19. The zero-order valence-electron chi connectivity index (χ0n) is 14.7. The van der Waals surface area contributed by atoms with Crippen LogP contribution in [0.3, 0.4) is 0 Å². The minimum Gasteiger partial charge on any atom is -0.323 e. The van der Waals surface area contributed by atoms with Crippen molar-refractivity contribution in [3.8, 4) is 0 Å². The van der Waals surface area contributed by atoms with Gasteiger partial charge in [-0.15, -0.1) is 0 Å². The van der Waals surface area contributed by atoms with Gasteiger partial charge < -0.3 is 4.57 Å². The fourth-order valence-corrected chi connectivity index (χ4v) is 4.22. The maximum absolute atomic E-state index is 4.93. The van der Waals surface area contributed by atoms with E-state index in [1.807, 2.05) is 11.8 Å². The normalized spacial score (nSPS) is 11.4. The van der Waals surface area contributed by atoms with Crippen molar-refractivity contribution in [1.29, 1.82) is 0 Å². The summed E-state index contributed by atoms with van der Waals surface area (Å²) in [5, 5.41) is 1.33. The lowest BCUT2D eigenvalue weighted by molar-refractivity contribution is 0.597. The molecule has 0 unspecified atom stereocenters. The number of hydrogen-bond donors (Lipinski definition) is 0. The van der Waals surface area contributed by atoms with Crippen LogP contribution in [0.2, 0.25) is 0 Å². The molecular formula is C19H28N2S. The van der Waals surface area contributed by atoms with Gasteiger partial charge in [-0.05, 0) is 49.4 Å². The van der Waals surface area contributed by atoms with E-state index in [4.69, 9.17) is 4.98 Å². The molecule has 0 saturated carbocycles. The molecule has 0 atom stereocenters. The Bertz CT molecular complexity index is 621. The SMILES string of the molecule is CCCn1c(CC)nc(C(C)C)c1Sc1cc(C)cc(C)c1. The van der Waals surface area contributed by atoms with Crippen LogP contribution in [0.25, 0.3) is 0 Å². The van der Waals surface area contributed by atoms with Gasteiger partial charge in [-0.2, -0.15) is 0 Å². The second-order valence-corrected chi connectivity index (χ2v) is 7.37. The minimum absolute atomic E-state index is 0.455. The molecular weight excluding hydrogens is 288 g/mol. The molecule has 0 aliphatic heterocycles. The van der Waals surface area contributed by atoms with Crippen molar-refractivity contribution < 1.29 is 0 Å². The van der Waals surface area contributed by atoms with Crippen molar-refractivity contribution in [2.75, 3.05) is 0 Å². The first-order chi connectivity index (χ1) is 10.5. The van der Waals surface area contributed by atoms with Gasteiger partial charge in [0.15, 0.2) is 0 Å². The summed E-state index contributed by atoms with van der Waals surface area (Å²) in [5.41, 5.74) is 3.89. The van der Waals surface area contributed by atoms with Gasteiger partial charge in [0.25, 0.3) is 0 Å². The monoisotopic (exact) mass is 316 g/mol. The largest absolute Gasteiger partial charge is 0.323 e. The van der Waals surface area contributed by atoms with Crippen molar-refractivity contribution >= 4 is 11.8 Å². The van der Waals surface area contributed by atoms with E-state index in [2.05, 4.69) is 64.3 Å². The van der Waals surface area contributed by atoms with Crippen LogP contribution < -0.4 is 0 Å². The van der Waals surface area contributed by atoms with Gasteiger partial charge in [-0.1, -0.05) is 45.5 Å². The Labute approximate surface area is 139 Å². The van der Waals surface area contributed by atoms with E-state index in [1.165, 1.54) is 32.6 Å². The highest BCUT2D eigenvalue weighted by molar-refractivity contribution is 7.99. The van der Waals surface area contributed by atoms with Gasteiger partial charge in [0.1, 0.15) is 10.9 Å². The summed E-state index contributed by atoms with van der Waals surface area (Å²) < 4.78 is 2.43. The lowest BCUT2D eigenvalue weighted by atomic mass is 10.1. The molecule has 0 N–H and O–H groups in total. The number of imidazole rings is 1. The molecule has 120 valence electrons. The zero-order chi connectivity index (χ0) is 16.3. The van der Waals surface area contributed by atoms with E-state index in [-0.39, 0.29) is 0 Å². The van der Waals surface area contributed by atoms with Crippen LogP contribution in [0, 0.1) is 13.8 Å². The Hall–Kier alpha value is -1.22. The summed E-state index contributed by atoms with van der Waals surface area (Å²) in [4.78, 5) is 6.25. The van der Waals surface area contributed by atoms with E-state index in [0.29, 0.717) is 5.92 Å². The van der Waals surface area contributed by atoms with E-state index < -0.39 is 0 Å². The summed E-state index contributed by atoms with van der Waals surface area (Å²) in [6.45, 7) is 14.3. The molecule has 22 heavy (non-hydrogen) atoms. The molecule has 0 bridgehead atoms. The van der Waals surface area contributed by atoms with Crippen molar-refractivity contribution in [2.45, 2.75) is 76.8 Å². The average molecular weight is 317 g/mol. The molecule has 0 saturated heterocycles. The summed E-state index contributed by atoms with van der Waals surface area (Å²) >= 11 is 1.87. The summed E-state index contributed by atoms with van der Waals surface area (Å²) in [5.74, 6) is 1.68. The van der Waals surface area contributed by atoms with Crippen molar-refractivity contribution in [1.82, 2.24) is 9.55 Å². The molecule has 2 rings (SSSR count). The number of nitrogens with zero attached hydrogens (tertiary/aromatic N) is 2. The summed E-state index contributed by atoms with van der Waals surface area (Å²) in [6, 6.07) is 6.78. The number of benzene rings is 1. The molecule has 2 nitrogen and oxygen atoms in total. The fraction of sp³-hybridized carbons (Fsp3) is 0.526. The second kappa shape index (κ2) is 7.36. The Kier molecular flexibility index (Phi) is 5.74. The second-order valence-electron chi connectivity index (χ2n) is 6.30. The van der Waals surface area contributed by atoms with Crippen LogP contribution in [-0.4, -0.2) is 9.55 Å². The fourth-order valence-electron chi connectivity index (χ4n) is 2.81. The van der Waals surface area contributed by atoms with Crippen LogP contribution in [0.1, 0.15) is 62.7 Å². The van der Waals surface area contributed by atoms with Gasteiger partial charge in [0, 0.05) is 17.9 Å². The van der Waals surface area contributed by atoms with Crippen LogP contribution in [0.5, 0.6) is 0 Å². The van der Waals surface area contributed by atoms with Gasteiger partial charge in [-0.3, -0.25) is 0 Å². The number of aryl methyl sites for hydroxylation is 3. The number of aromatic nitrogens is 2. The first-order valence-electron chi connectivity index (χ1n) is 8.31. The maximum atomic E-state index is 4.93. The lowest BCUT2D eigenvalue weighted by Crippen LogP contribution is -2.04. The average Bonchev–Trinajstić information content (AvgIpc) is 2.76. The molecule has 2 aromatic rings. The van der Waals surface area contributed by atoms with Gasteiger partial charge in [-0.25, -0.2) is 4.98 Å². The van der Waals surface area contributed by atoms with Crippen LogP contribution >= 0.6 is 11.8 Å². The number of hydrogen-bond acceptors (Lipinski definition) is 2. The van der Waals surface area contributed by atoms with Gasteiger partial charge in [0.05, 0.1) is 5.69 Å². The van der Waals surface area contributed by atoms with Crippen molar-refractivity contribution in [2.24, 2.45) is 0 Å². The predicted molar refractivity (Wildman–Crippen MR) is 96.0 cm³/mol. The lowest BCUT2D eigenvalue weighted by Gasteiger charge is -2.13.